The smallest absolute Gasteiger partial charge is 0.255 e. The van der Waals surface area contributed by atoms with E-state index in [1.54, 1.807) is 43.1 Å². The Balaban J connectivity index is 1.86. The van der Waals surface area contributed by atoms with Gasteiger partial charge in [-0.25, -0.2) is 0 Å². The first-order chi connectivity index (χ1) is 19.2. The van der Waals surface area contributed by atoms with Gasteiger partial charge in [-0.3, -0.25) is 19.2 Å². The lowest BCUT2D eigenvalue weighted by atomic mass is 10.0. The predicted molar refractivity (Wildman–Crippen MR) is 153 cm³/mol. The van der Waals surface area contributed by atoms with Crippen molar-refractivity contribution in [1.82, 2.24) is 25.8 Å². The molecular weight excluding hydrogens is 510 g/mol. The molecule has 10 nitrogen and oxygen atoms in total. The van der Waals surface area contributed by atoms with E-state index in [0.29, 0.717) is 18.7 Å². The number of benzene rings is 2. The van der Waals surface area contributed by atoms with Crippen LogP contribution in [0.4, 0.5) is 0 Å². The molecule has 2 aromatic rings. The van der Waals surface area contributed by atoms with E-state index < -0.39 is 18.0 Å². The fourth-order valence-corrected chi connectivity index (χ4v) is 4.53. The van der Waals surface area contributed by atoms with Crippen LogP contribution >= 0.6 is 0 Å². The number of carbonyl (C=O) groups is 4. The summed E-state index contributed by atoms with van der Waals surface area (Å²) in [7, 11) is 5.59. The summed E-state index contributed by atoms with van der Waals surface area (Å²) in [5.74, 6) is -1.13. The zero-order chi connectivity index (χ0) is 29.1. The molecule has 0 spiro atoms. The van der Waals surface area contributed by atoms with Gasteiger partial charge in [-0.2, -0.15) is 0 Å². The summed E-state index contributed by atoms with van der Waals surface area (Å²) in [6.07, 6.45) is 1.30. The first-order valence-corrected chi connectivity index (χ1v) is 13.7. The monoisotopic (exact) mass is 551 g/mol. The highest BCUT2D eigenvalue weighted by molar-refractivity contribution is 5.99. The van der Waals surface area contributed by atoms with Crippen LogP contribution in [0.25, 0.3) is 0 Å². The van der Waals surface area contributed by atoms with Crippen LogP contribution in [-0.4, -0.2) is 92.4 Å². The molecule has 0 bridgehead atoms. The molecule has 2 aromatic carbocycles. The van der Waals surface area contributed by atoms with Crippen molar-refractivity contribution < 1.29 is 23.9 Å². The number of amides is 4. The van der Waals surface area contributed by atoms with Crippen molar-refractivity contribution in [3.05, 3.63) is 65.7 Å². The van der Waals surface area contributed by atoms with E-state index in [0.717, 1.165) is 18.5 Å². The number of rotatable bonds is 7. The normalized spacial score (nSPS) is 20.9. The van der Waals surface area contributed by atoms with Crippen molar-refractivity contribution in [3.8, 4) is 5.75 Å². The Bertz CT molecular complexity index is 1160. The molecule has 0 saturated carbocycles. The molecule has 0 saturated heterocycles. The van der Waals surface area contributed by atoms with Crippen LogP contribution in [0.3, 0.4) is 0 Å². The molecule has 1 aliphatic rings. The molecule has 40 heavy (non-hydrogen) atoms. The number of likely N-dealkylation sites (N-methyl/N-ethyl adjacent to an activating group) is 1. The molecule has 3 rings (SSSR count). The number of hydrogen-bond acceptors (Lipinski definition) is 6. The van der Waals surface area contributed by atoms with E-state index in [1.807, 2.05) is 49.3 Å². The molecule has 3 N–H and O–H groups in total. The van der Waals surface area contributed by atoms with Crippen molar-refractivity contribution in [2.24, 2.45) is 0 Å². The average Bonchev–Trinajstić information content (AvgIpc) is 2.94. The fourth-order valence-electron chi connectivity index (χ4n) is 4.53. The van der Waals surface area contributed by atoms with E-state index in [1.165, 1.54) is 0 Å². The topological polar surface area (TPSA) is 120 Å². The van der Waals surface area contributed by atoms with Crippen molar-refractivity contribution in [2.75, 3.05) is 40.8 Å². The Morgan fingerprint density at radius 2 is 1.75 bits per heavy atom. The van der Waals surface area contributed by atoms with Gasteiger partial charge in [0.1, 0.15) is 24.4 Å². The van der Waals surface area contributed by atoms with E-state index in [9.17, 15) is 19.2 Å². The van der Waals surface area contributed by atoms with E-state index in [4.69, 9.17) is 4.74 Å². The zero-order valence-corrected chi connectivity index (χ0v) is 23.8. The molecular formula is C30H41N5O5. The largest absolute Gasteiger partial charge is 0.491 e. The van der Waals surface area contributed by atoms with Gasteiger partial charge in [0.2, 0.25) is 17.7 Å². The molecule has 1 heterocycles. The SMILES string of the molecule is C[C@@H]1NC(=O)CC[C@@H](C(=O)NCCCN(C)C)NC(=O)c2ccccc2OC[C@@H](Cc2ccccc2)N(C)C1=O. The Morgan fingerprint density at radius 1 is 1.05 bits per heavy atom. The van der Waals surface area contributed by atoms with Crippen LogP contribution in [-0.2, 0) is 20.8 Å². The van der Waals surface area contributed by atoms with E-state index in [2.05, 4.69) is 16.0 Å². The lowest BCUT2D eigenvalue weighted by Gasteiger charge is -2.31. The predicted octanol–water partition coefficient (Wildman–Crippen LogP) is 1.60. The third-order valence-electron chi connectivity index (χ3n) is 6.88. The van der Waals surface area contributed by atoms with Crippen molar-refractivity contribution >= 4 is 23.6 Å². The highest BCUT2D eigenvalue weighted by Gasteiger charge is 2.29. The minimum Gasteiger partial charge on any atom is -0.491 e. The summed E-state index contributed by atoms with van der Waals surface area (Å²) in [6, 6.07) is 14.5. The lowest BCUT2D eigenvalue weighted by Crippen LogP contribution is -2.51. The van der Waals surface area contributed by atoms with Gasteiger partial charge in [0.15, 0.2) is 0 Å². The van der Waals surface area contributed by atoms with Gasteiger partial charge in [-0.1, -0.05) is 42.5 Å². The molecule has 0 fully saturated rings. The van der Waals surface area contributed by atoms with E-state index in [-0.39, 0.29) is 48.8 Å². The second-order valence-electron chi connectivity index (χ2n) is 10.4. The van der Waals surface area contributed by atoms with Gasteiger partial charge in [-0.05, 0) is 64.5 Å². The van der Waals surface area contributed by atoms with Crippen molar-refractivity contribution in [1.29, 1.82) is 0 Å². The van der Waals surface area contributed by atoms with Gasteiger partial charge in [0.05, 0.1) is 11.6 Å². The minimum atomic E-state index is -0.935. The second-order valence-corrected chi connectivity index (χ2v) is 10.4. The number of carbonyl (C=O) groups excluding carboxylic acids is 4. The van der Waals surface area contributed by atoms with Gasteiger partial charge in [0.25, 0.3) is 5.91 Å². The maximum atomic E-state index is 13.4. The molecule has 0 aromatic heterocycles. The summed E-state index contributed by atoms with van der Waals surface area (Å²) in [5.41, 5.74) is 1.30. The second kappa shape index (κ2) is 15.0. The standard InChI is InChI=1S/C30H41N5O5/c1-21-30(39)35(4)23(19-22-11-6-5-7-12-22)20-40-26-14-9-8-13-24(26)28(37)33-25(15-16-27(36)32-21)29(38)31-17-10-18-34(2)3/h5-9,11-14,21,23,25H,10,15-20H2,1-4H3,(H,31,38)(H,32,36)(H,33,37)/t21-,23+,25-/m0/s1. The third kappa shape index (κ3) is 9.08. The number of hydrogen-bond donors (Lipinski definition) is 3. The van der Waals surface area contributed by atoms with Crippen LogP contribution in [0.2, 0.25) is 0 Å². The highest BCUT2D eigenvalue weighted by atomic mass is 16.5. The fraction of sp³-hybridized carbons (Fsp3) is 0.467. The molecule has 1 aliphatic heterocycles. The summed E-state index contributed by atoms with van der Waals surface area (Å²) >= 11 is 0. The minimum absolute atomic E-state index is 0.0387. The van der Waals surface area contributed by atoms with Crippen LogP contribution in [0.1, 0.15) is 42.1 Å². The molecule has 0 radical (unpaired) electrons. The number of ether oxygens (including phenoxy) is 1. The van der Waals surface area contributed by atoms with Gasteiger partial charge in [-0.15, -0.1) is 0 Å². The molecule has 10 heteroatoms. The van der Waals surface area contributed by atoms with E-state index >= 15 is 0 Å². The van der Waals surface area contributed by atoms with Crippen LogP contribution in [0.5, 0.6) is 5.75 Å². The van der Waals surface area contributed by atoms with Crippen LogP contribution in [0.15, 0.2) is 54.6 Å². The Kier molecular flexibility index (Phi) is 11.5. The van der Waals surface area contributed by atoms with Crippen LogP contribution in [0, 0.1) is 0 Å². The summed E-state index contributed by atoms with van der Waals surface area (Å²) in [4.78, 5) is 56.1. The number of para-hydroxylation sites is 1. The molecule has 0 unspecified atom stereocenters. The quantitative estimate of drug-likeness (QED) is 0.450. The zero-order valence-electron chi connectivity index (χ0n) is 23.8. The number of nitrogens with one attached hydrogen (secondary N) is 3. The first-order valence-electron chi connectivity index (χ1n) is 13.7. The third-order valence-corrected chi connectivity index (χ3v) is 6.88. The Morgan fingerprint density at radius 3 is 2.48 bits per heavy atom. The summed E-state index contributed by atoms with van der Waals surface area (Å²) in [5, 5.41) is 8.40. The highest BCUT2D eigenvalue weighted by Crippen LogP contribution is 2.20. The molecule has 216 valence electrons. The maximum absolute atomic E-state index is 13.4. The van der Waals surface area contributed by atoms with Gasteiger partial charge < -0.3 is 30.5 Å². The first kappa shape index (κ1) is 30.6. The number of nitrogens with zero attached hydrogens (tertiary/aromatic N) is 2. The molecule has 3 atom stereocenters. The Hall–Kier alpha value is -3.92. The average molecular weight is 552 g/mol. The van der Waals surface area contributed by atoms with Crippen molar-refractivity contribution in [2.45, 2.75) is 50.7 Å². The maximum Gasteiger partial charge on any atom is 0.255 e. The molecule has 0 aliphatic carbocycles. The lowest BCUT2D eigenvalue weighted by molar-refractivity contribution is -0.137. The van der Waals surface area contributed by atoms with Gasteiger partial charge in [0, 0.05) is 20.0 Å². The van der Waals surface area contributed by atoms with Crippen molar-refractivity contribution in [3.63, 3.8) is 0 Å². The van der Waals surface area contributed by atoms with Crippen LogP contribution < -0.4 is 20.7 Å². The summed E-state index contributed by atoms with van der Waals surface area (Å²) < 4.78 is 6.14. The number of fused-ring (bicyclic) bond motifs is 1. The van der Waals surface area contributed by atoms with Gasteiger partial charge >= 0.3 is 0 Å². The molecule has 4 amide bonds. The summed E-state index contributed by atoms with van der Waals surface area (Å²) in [6.45, 7) is 3.01. The Labute approximate surface area is 236 Å².